The molecule has 1 unspecified atom stereocenters. The molecule has 0 saturated heterocycles. The first kappa shape index (κ1) is 18.2. The van der Waals surface area contributed by atoms with Crippen LogP contribution < -0.4 is 0 Å². The number of hydrogen-bond acceptors (Lipinski definition) is 6. The van der Waals surface area contributed by atoms with Crippen LogP contribution in [0.3, 0.4) is 0 Å². The lowest BCUT2D eigenvalue weighted by Gasteiger charge is -2.23. The van der Waals surface area contributed by atoms with Crippen molar-refractivity contribution in [3.8, 4) is 0 Å². The van der Waals surface area contributed by atoms with Crippen molar-refractivity contribution in [3.05, 3.63) is 37.8 Å². The first-order valence-corrected chi connectivity index (χ1v) is 7.20. The number of methoxy groups -OCH3 is 1. The van der Waals surface area contributed by atoms with Crippen molar-refractivity contribution in [3.63, 3.8) is 0 Å². The number of nitro benzene ring substituents is 1. The van der Waals surface area contributed by atoms with Crippen molar-refractivity contribution in [2.24, 2.45) is 0 Å². The summed E-state index contributed by atoms with van der Waals surface area (Å²) in [6.45, 7) is 3.68. The van der Waals surface area contributed by atoms with Gasteiger partial charge in [-0.3, -0.25) is 10.1 Å². The molecule has 0 aliphatic heterocycles. The van der Waals surface area contributed by atoms with Gasteiger partial charge < -0.3 is 14.3 Å². The fourth-order valence-electron chi connectivity index (χ4n) is 1.93. The molecule has 0 aliphatic rings. The van der Waals surface area contributed by atoms with Gasteiger partial charge in [0.2, 0.25) is 0 Å². The van der Waals surface area contributed by atoms with Crippen LogP contribution in [0.4, 0.5) is 5.69 Å². The van der Waals surface area contributed by atoms with E-state index in [1.807, 2.05) is 0 Å². The van der Waals surface area contributed by atoms with E-state index in [0.717, 1.165) is 6.07 Å². The van der Waals surface area contributed by atoms with Gasteiger partial charge in [0.05, 0.1) is 29.6 Å². The molecule has 1 aromatic rings. The van der Waals surface area contributed by atoms with Crippen molar-refractivity contribution in [1.82, 2.24) is 0 Å². The van der Waals surface area contributed by atoms with Crippen LogP contribution in [0.15, 0.2) is 16.6 Å². The fraction of sp³-hybridized carbons (Fsp3) is 0.429. The number of nitrogens with zero attached hydrogens (tertiary/aromatic N) is 1. The lowest BCUT2D eigenvalue weighted by atomic mass is 9.83. The van der Waals surface area contributed by atoms with Gasteiger partial charge in [0.15, 0.2) is 0 Å². The molecule has 1 atom stereocenters. The Labute approximate surface area is 135 Å². The number of rotatable bonds is 7. The summed E-state index contributed by atoms with van der Waals surface area (Å²) in [4.78, 5) is 33.8. The Kier molecular flexibility index (Phi) is 6.19. The highest BCUT2D eigenvalue weighted by Crippen LogP contribution is 2.35. The van der Waals surface area contributed by atoms with E-state index in [4.69, 9.17) is 4.74 Å². The van der Waals surface area contributed by atoms with Gasteiger partial charge in [-0.15, -0.1) is 0 Å². The van der Waals surface area contributed by atoms with E-state index in [0.29, 0.717) is 17.4 Å². The van der Waals surface area contributed by atoms with E-state index in [1.165, 1.54) is 13.2 Å². The summed E-state index contributed by atoms with van der Waals surface area (Å²) < 4.78 is 10.1. The summed E-state index contributed by atoms with van der Waals surface area (Å²) in [7, 11) is 1.18. The molecule has 7 nitrogen and oxygen atoms in total. The monoisotopic (exact) mass is 373 g/mol. The maximum atomic E-state index is 11.6. The Balaban J connectivity index is 3.53. The number of nitro groups is 1. The highest BCUT2D eigenvalue weighted by molar-refractivity contribution is 9.10. The average molecular weight is 374 g/mol. The van der Waals surface area contributed by atoms with Gasteiger partial charge in [0.25, 0.3) is 5.69 Å². The molecule has 0 N–H and O–H groups in total. The number of halogens is 1. The smallest absolute Gasteiger partial charge is 0.339 e. The molecular formula is C14H16BrNO6. The number of ether oxygens (including phenoxy) is 2. The second-order valence-electron chi connectivity index (χ2n) is 4.77. The number of carbonyl (C=O) groups excluding carboxylic acids is 2. The van der Waals surface area contributed by atoms with Crippen molar-refractivity contribution >= 4 is 33.9 Å². The average Bonchev–Trinajstić information content (AvgIpc) is 2.51. The van der Waals surface area contributed by atoms with E-state index >= 15 is 0 Å². The minimum Gasteiger partial charge on any atom is -0.465 e. The molecule has 120 valence electrons. The van der Waals surface area contributed by atoms with Crippen molar-refractivity contribution in [2.45, 2.75) is 19.3 Å². The van der Waals surface area contributed by atoms with Gasteiger partial charge in [-0.25, -0.2) is 4.79 Å². The van der Waals surface area contributed by atoms with Gasteiger partial charge in [-0.2, -0.15) is 0 Å². The van der Waals surface area contributed by atoms with Gasteiger partial charge >= 0.3 is 5.97 Å². The summed E-state index contributed by atoms with van der Waals surface area (Å²) in [5.41, 5.74) is -1.35. The predicted molar refractivity (Wildman–Crippen MR) is 82.0 cm³/mol. The predicted octanol–water partition coefficient (Wildman–Crippen LogP) is 2.64. The summed E-state index contributed by atoms with van der Waals surface area (Å²) in [6.07, 6.45) is 0.606. The Bertz CT molecular complexity index is 603. The molecule has 0 heterocycles. The van der Waals surface area contributed by atoms with Crippen LogP contribution in [-0.4, -0.2) is 37.5 Å². The summed E-state index contributed by atoms with van der Waals surface area (Å²) in [5, 5.41) is 11.3. The van der Waals surface area contributed by atoms with Gasteiger partial charge in [0.1, 0.15) is 6.29 Å². The van der Waals surface area contributed by atoms with Crippen LogP contribution in [0.5, 0.6) is 0 Å². The lowest BCUT2D eigenvalue weighted by molar-refractivity contribution is -0.386. The molecule has 1 aromatic carbocycles. The summed E-state index contributed by atoms with van der Waals surface area (Å²) in [5.74, 6) is -0.709. The second kappa shape index (κ2) is 7.46. The standard InChI is InChI=1S/C14H16BrNO6/c1-4-22-8-14(2,7-17)10-6-11(15)9(13(18)21-3)5-12(10)16(19)20/h5-7H,4,8H2,1-3H3. The van der Waals surface area contributed by atoms with E-state index in [-0.39, 0.29) is 23.4 Å². The molecule has 0 amide bonds. The fourth-order valence-corrected chi connectivity index (χ4v) is 2.43. The molecule has 0 bridgehead atoms. The van der Waals surface area contributed by atoms with Crippen LogP contribution in [0, 0.1) is 10.1 Å². The Morgan fingerprint density at radius 2 is 2.14 bits per heavy atom. The van der Waals surface area contributed by atoms with E-state index in [1.54, 1.807) is 13.8 Å². The third-order valence-electron chi connectivity index (χ3n) is 3.17. The second-order valence-corrected chi connectivity index (χ2v) is 5.62. The number of hydrogen-bond donors (Lipinski definition) is 0. The Morgan fingerprint density at radius 3 is 2.59 bits per heavy atom. The molecule has 0 saturated carbocycles. The van der Waals surface area contributed by atoms with E-state index in [9.17, 15) is 19.7 Å². The number of carbonyl (C=O) groups is 2. The zero-order valence-electron chi connectivity index (χ0n) is 12.4. The molecule has 0 aromatic heterocycles. The SMILES string of the molecule is CCOCC(C)(C=O)c1cc(Br)c(C(=O)OC)cc1[N+](=O)[O-]. The molecule has 1 rings (SSSR count). The summed E-state index contributed by atoms with van der Waals surface area (Å²) in [6, 6.07) is 2.48. The first-order valence-electron chi connectivity index (χ1n) is 6.41. The van der Waals surface area contributed by atoms with Crippen LogP contribution in [-0.2, 0) is 19.7 Å². The Morgan fingerprint density at radius 1 is 1.50 bits per heavy atom. The molecule has 0 radical (unpaired) electrons. The maximum absolute atomic E-state index is 11.6. The van der Waals surface area contributed by atoms with Gasteiger partial charge in [0, 0.05) is 22.7 Å². The van der Waals surface area contributed by atoms with Gasteiger partial charge in [-0.1, -0.05) is 0 Å². The van der Waals surface area contributed by atoms with Crippen LogP contribution in [0.1, 0.15) is 29.8 Å². The molecule has 22 heavy (non-hydrogen) atoms. The van der Waals surface area contributed by atoms with Crippen LogP contribution in [0.25, 0.3) is 0 Å². The zero-order valence-corrected chi connectivity index (χ0v) is 14.0. The maximum Gasteiger partial charge on any atom is 0.339 e. The van der Waals surface area contributed by atoms with E-state index in [2.05, 4.69) is 20.7 Å². The number of aldehydes is 1. The number of benzene rings is 1. The largest absolute Gasteiger partial charge is 0.465 e. The normalized spacial score (nSPS) is 13.3. The lowest BCUT2D eigenvalue weighted by Crippen LogP contribution is -2.31. The van der Waals surface area contributed by atoms with Crippen LogP contribution >= 0.6 is 15.9 Å². The first-order chi connectivity index (χ1) is 10.3. The summed E-state index contributed by atoms with van der Waals surface area (Å²) >= 11 is 3.18. The quantitative estimate of drug-likeness (QED) is 0.315. The molecule has 8 heteroatoms. The molecule has 0 spiro atoms. The Hall–Kier alpha value is -1.80. The molecule has 0 fully saturated rings. The highest BCUT2D eigenvalue weighted by atomic mass is 79.9. The topological polar surface area (TPSA) is 95.7 Å². The van der Waals surface area contributed by atoms with Crippen molar-refractivity contribution in [2.75, 3.05) is 20.3 Å². The third-order valence-corrected chi connectivity index (χ3v) is 3.82. The van der Waals surface area contributed by atoms with Crippen molar-refractivity contribution in [1.29, 1.82) is 0 Å². The van der Waals surface area contributed by atoms with Crippen molar-refractivity contribution < 1.29 is 24.0 Å². The van der Waals surface area contributed by atoms with Gasteiger partial charge in [-0.05, 0) is 35.8 Å². The highest BCUT2D eigenvalue weighted by Gasteiger charge is 2.35. The third kappa shape index (κ3) is 3.69. The molecule has 0 aliphatic carbocycles. The number of esters is 1. The minimum atomic E-state index is -1.20. The minimum absolute atomic E-state index is 0.00213. The van der Waals surface area contributed by atoms with Crippen LogP contribution in [0.2, 0.25) is 0 Å². The zero-order chi connectivity index (χ0) is 16.9. The van der Waals surface area contributed by atoms with E-state index < -0.39 is 16.3 Å². The molecular weight excluding hydrogens is 358 g/mol.